The van der Waals surface area contributed by atoms with E-state index in [4.69, 9.17) is 0 Å². The monoisotopic (exact) mass is 416 g/mol. The number of carbonyl (C=O) groups excluding carboxylic acids is 2. The molecule has 136 valence electrons. The van der Waals surface area contributed by atoms with Crippen LogP contribution in [0.5, 0.6) is 0 Å². The van der Waals surface area contributed by atoms with Crippen molar-refractivity contribution in [2.45, 2.75) is 31.7 Å². The molecule has 1 saturated carbocycles. The lowest BCUT2D eigenvalue weighted by Gasteiger charge is -2.24. The van der Waals surface area contributed by atoms with E-state index in [1.807, 2.05) is 12.1 Å². The minimum Gasteiger partial charge on any atom is -0.326 e. The summed E-state index contributed by atoms with van der Waals surface area (Å²) in [4.78, 5) is 29.1. The van der Waals surface area contributed by atoms with Crippen LogP contribution in [0.25, 0.3) is 0 Å². The minimum absolute atomic E-state index is 0.141. The van der Waals surface area contributed by atoms with Gasteiger partial charge >= 0.3 is 6.03 Å². The summed E-state index contributed by atoms with van der Waals surface area (Å²) < 4.78 is 0.933. The van der Waals surface area contributed by atoms with Crippen LogP contribution in [0.4, 0.5) is 16.2 Å². The Morgan fingerprint density at radius 3 is 2.42 bits per heavy atom. The molecule has 0 bridgehead atoms. The van der Waals surface area contributed by atoms with Gasteiger partial charge in [-0.3, -0.25) is 9.78 Å². The van der Waals surface area contributed by atoms with Crippen LogP contribution in [0.2, 0.25) is 0 Å². The molecule has 1 aromatic carbocycles. The molecule has 0 radical (unpaired) electrons. The number of aromatic nitrogens is 1. The summed E-state index contributed by atoms with van der Waals surface area (Å²) in [6.07, 6.45) is 7.27. The Morgan fingerprint density at radius 2 is 1.77 bits per heavy atom. The quantitative estimate of drug-likeness (QED) is 0.683. The van der Waals surface area contributed by atoms with Crippen molar-refractivity contribution >= 4 is 39.2 Å². The van der Waals surface area contributed by atoms with Gasteiger partial charge in [0.1, 0.15) is 6.04 Å². The molecule has 1 aliphatic rings. The van der Waals surface area contributed by atoms with Crippen LogP contribution in [0, 0.1) is 5.92 Å². The molecule has 1 aliphatic carbocycles. The molecule has 3 rings (SSSR count). The van der Waals surface area contributed by atoms with Gasteiger partial charge in [-0.1, -0.05) is 28.8 Å². The van der Waals surface area contributed by atoms with Crippen molar-refractivity contribution in [3.8, 4) is 0 Å². The third kappa shape index (κ3) is 5.05. The number of pyridine rings is 1. The highest BCUT2D eigenvalue weighted by Crippen LogP contribution is 2.28. The smallest absolute Gasteiger partial charge is 0.319 e. The van der Waals surface area contributed by atoms with Crippen molar-refractivity contribution in [3.63, 3.8) is 0 Å². The topological polar surface area (TPSA) is 83.1 Å². The van der Waals surface area contributed by atoms with Gasteiger partial charge in [0.2, 0.25) is 5.91 Å². The number of benzene rings is 1. The second-order valence-electron chi connectivity index (χ2n) is 6.36. The number of urea groups is 1. The molecule has 1 aromatic heterocycles. The van der Waals surface area contributed by atoms with E-state index in [1.54, 1.807) is 36.7 Å². The van der Waals surface area contributed by atoms with Crippen LogP contribution in [0.1, 0.15) is 25.7 Å². The number of halogens is 1. The number of hydrogen-bond acceptors (Lipinski definition) is 3. The van der Waals surface area contributed by atoms with Crippen molar-refractivity contribution < 1.29 is 9.59 Å². The molecule has 3 N–H and O–H groups in total. The zero-order valence-corrected chi connectivity index (χ0v) is 15.8. The predicted molar refractivity (Wildman–Crippen MR) is 105 cm³/mol. The van der Waals surface area contributed by atoms with E-state index in [2.05, 4.69) is 36.9 Å². The summed E-state index contributed by atoms with van der Waals surface area (Å²) >= 11 is 3.36. The van der Waals surface area contributed by atoms with Gasteiger partial charge in [0.05, 0.1) is 11.9 Å². The third-order valence-corrected chi connectivity index (χ3v) is 5.00. The lowest BCUT2D eigenvalue weighted by molar-refractivity contribution is -0.119. The van der Waals surface area contributed by atoms with Crippen molar-refractivity contribution in [3.05, 3.63) is 53.3 Å². The molecule has 7 heteroatoms. The van der Waals surface area contributed by atoms with Gasteiger partial charge in [-0.25, -0.2) is 4.79 Å². The Kier molecular flexibility index (Phi) is 6.22. The van der Waals surface area contributed by atoms with Crippen LogP contribution in [0.3, 0.4) is 0 Å². The maximum absolute atomic E-state index is 12.7. The lowest BCUT2D eigenvalue weighted by Crippen LogP contribution is -2.49. The van der Waals surface area contributed by atoms with Crippen LogP contribution < -0.4 is 16.0 Å². The van der Waals surface area contributed by atoms with Gasteiger partial charge < -0.3 is 16.0 Å². The maximum Gasteiger partial charge on any atom is 0.319 e. The largest absolute Gasteiger partial charge is 0.326 e. The van der Waals surface area contributed by atoms with Crippen molar-refractivity contribution in [2.24, 2.45) is 5.92 Å². The number of carbonyl (C=O) groups is 2. The Labute approximate surface area is 160 Å². The van der Waals surface area contributed by atoms with Gasteiger partial charge in [0.25, 0.3) is 0 Å². The summed E-state index contributed by atoms with van der Waals surface area (Å²) in [6.45, 7) is 0. The summed E-state index contributed by atoms with van der Waals surface area (Å²) in [5, 5.41) is 8.47. The SMILES string of the molecule is O=C(Nc1ccc(Br)cc1)NC(C(=O)Nc1cccnc1)C1CCCC1. The van der Waals surface area contributed by atoms with E-state index in [9.17, 15) is 9.59 Å². The Morgan fingerprint density at radius 1 is 1.04 bits per heavy atom. The second-order valence-corrected chi connectivity index (χ2v) is 7.27. The van der Waals surface area contributed by atoms with Crippen LogP contribution in [-0.4, -0.2) is 23.0 Å². The third-order valence-electron chi connectivity index (χ3n) is 4.47. The van der Waals surface area contributed by atoms with Gasteiger partial charge in [-0.2, -0.15) is 0 Å². The highest BCUT2D eigenvalue weighted by Gasteiger charge is 2.32. The molecular weight excluding hydrogens is 396 g/mol. The van der Waals surface area contributed by atoms with Gasteiger partial charge in [-0.15, -0.1) is 0 Å². The summed E-state index contributed by atoms with van der Waals surface area (Å²) in [5.74, 6) is -0.0711. The molecule has 0 saturated heterocycles. The van der Waals surface area contributed by atoms with Crippen molar-refractivity contribution in [1.29, 1.82) is 0 Å². The number of nitrogens with one attached hydrogen (secondary N) is 3. The van der Waals surface area contributed by atoms with Crippen LogP contribution in [0.15, 0.2) is 53.3 Å². The van der Waals surface area contributed by atoms with E-state index in [1.165, 1.54) is 0 Å². The van der Waals surface area contributed by atoms with Gasteiger partial charge in [0, 0.05) is 16.4 Å². The minimum atomic E-state index is -0.576. The highest BCUT2D eigenvalue weighted by atomic mass is 79.9. The first-order valence-corrected chi connectivity index (χ1v) is 9.45. The van der Waals surface area contributed by atoms with E-state index in [-0.39, 0.29) is 17.9 Å². The molecule has 1 atom stereocenters. The average molecular weight is 417 g/mol. The summed E-state index contributed by atoms with van der Waals surface area (Å²) in [6, 6.07) is 9.86. The molecule has 2 aromatic rings. The molecule has 1 heterocycles. The van der Waals surface area contributed by atoms with Crippen LogP contribution in [-0.2, 0) is 4.79 Å². The number of anilines is 2. The molecule has 0 aliphatic heterocycles. The highest BCUT2D eigenvalue weighted by molar-refractivity contribution is 9.10. The number of nitrogens with zero attached hydrogens (tertiary/aromatic N) is 1. The Bertz CT molecular complexity index is 746. The average Bonchev–Trinajstić information content (AvgIpc) is 3.17. The number of hydrogen-bond donors (Lipinski definition) is 3. The van der Waals surface area contributed by atoms with E-state index in [0.29, 0.717) is 11.4 Å². The molecule has 0 spiro atoms. The molecule has 3 amide bonds. The van der Waals surface area contributed by atoms with Gasteiger partial charge in [-0.05, 0) is 55.2 Å². The maximum atomic E-state index is 12.7. The summed E-state index contributed by atoms with van der Waals surface area (Å²) in [5.41, 5.74) is 1.29. The number of rotatable bonds is 5. The van der Waals surface area contributed by atoms with Crippen molar-refractivity contribution in [2.75, 3.05) is 10.6 Å². The van der Waals surface area contributed by atoms with E-state index < -0.39 is 6.04 Å². The first-order chi connectivity index (χ1) is 12.6. The molecule has 1 unspecified atom stereocenters. The fraction of sp³-hybridized carbons (Fsp3) is 0.316. The van der Waals surface area contributed by atoms with Crippen LogP contribution >= 0.6 is 15.9 Å². The first kappa shape index (κ1) is 18.4. The van der Waals surface area contributed by atoms with Gasteiger partial charge in [0.15, 0.2) is 0 Å². The molecule has 1 fully saturated rings. The van der Waals surface area contributed by atoms with E-state index in [0.717, 1.165) is 30.2 Å². The Balaban J connectivity index is 1.66. The predicted octanol–water partition coefficient (Wildman–Crippen LogP) is 4.16. The molecular formula is C19H21BrN4O2. The molecule has 26 heavy (non-hydrogen) atoms. The lowest BCUT2D eigenvalue weighted by atomic mass is 9.97. The zero-order chi connectivity index (χ0) is 18.4. The fourth-order valence-corrected chi connectivity index (χ4v) is 3.45. The molecule has 6 nitrogen and oxygen atoms in total. The second kappa shape index (κ2) is 8.80. The van der Waals surface area contributed by atoms with E-state index >= 15 is 0 Å². The normalized spacial score (nSPS) is 15.3. The zero-order valence-electron chi connectivity index (χ0n) is 14.2. The Hall–Kier alpha value is -2.41. The fourth-order valence-electron chi connectivity index (χ4n) is 3.19. The number of amides is 3. The standard InChI is InChI=1S/C19H21BrN4O2/c20-14-7-9-15(10-8-14)23-19(26)24-17(13-4-1-2-5-13)18(25)22-16-6-3-11-21-12-16/h3,6-13,17H,1-2,4-5H2,(H,22,25)(H2,23,24,26). The van der Waals surface area contributed by atoms with Crippen molar-refractivity contribution in [1.82, 2.24) is 10.3 Å². The first-order valence-electron chi connectivity index (χ1n) is 8.66. The summed E-state index contributed by atoms with van der Waals surface area (Å²) in [7, 11) is 0.